The van der Waals surface area contributed by atoms with Crippen molar-refractivity contribution in [1.82, 2.24) is 0 Å². The molecule has 0 saturated heterocycles. The minimum Gasteiger partial charge on any atom is -0.396 e. The van der Waals surface area contributed by atoms with E-state index in [1.54, 1.807) is 0 Å². The van der Waals surface area contributed by atoms with Crippen LogP contribution in [0.1, 0.15) is 59.8 Å². The third-order valence-corrected chi connectivity index (χ3v) is 1.18. The van der Waals surface area contributed by atoms with Crippen molar-refractivity contribution in [2.45, 2.75) is 59.8 Å². The molecule has 0 radical (unpaired) electrons. The maximum atomic E-state index is 8.07. The van der Waals surface area contributed by atoms with Gasteiger partial charge in [-0.25, -0.2) is 0 Å². The number of unbranched alkanes of at least 4 members (excludes halogenated alkanes) is 1. The monoisotopic (exact) mass is 302 g/mol. The van der Waals surface area contributed by atoms with E-state index in [1.165, 1.54) is 0 Å². The summed E-state index contributed by atoms with van der Waals surface area (Å²) in [5.74, 6) is 0. The summed E-state index contributed by atoms with van der Waals surface area (Å²) in [5.41, 5.74) is 0. The maximum absolute atomic E-state index is 8.07. The van der Waals surface area contributed by atoms with Gasteiger partial charge in [0.2, 0.25) is 0 Å². The van der Waals surface area contributed by atoms with Crippen LogP contribution in [0.2, 0.25) is 0 Å². The summed E-state index contributed by atoms with van der Waals surface area (Å²) in [5, 5.41) is 31.7. The van der Waals surface area contributed by atoms with Crippen molar-refractivity contribution in [2.75, 3.05) is 26.4 Å². The molecule has 4 nitrogen and oxygen atoms in total. The van der Waals surface area contributed by atoms with Gasteiger partial charge < -0.3 is 20.4 Å². The molecule has 18 heavy (non-hydrogen) atoms. The minimum atomic E-state index is 0. The zero-order chi connectivity index (χ0) is 14.4. The molecular weight excluding hydrogens is 268 g/mol. The molecule has 0 aromatic rings. The molecule has 0 amide bonds. The molecule has 4 N–H and O–H groups in total. The van der Waals surface area contributed by atoms with Crippen LogP contribution in [0.25, 0.3) is 0 Å². The van der Waals surface area contributed by atoms with Gasteiger partial charge in [0.05, 0.1) is 0 Å². The summed E-state index contributed by atoms with van der Waals surface area (Å²) in [6, 6.07) is 0. The van der Waals surface area contributed by atoms with E-state index in [0.29, 0.717) is 26.4 Å². The van der Waals surface area contributed by atoms with Crippen molar-refractivity contribution in [2.24, 2.45) is 0 Å². The first kappa shape index (κ1) is 31.1. The van der Waals surface area contributed by atoms with E-state index >= 15 is 0 Å². The van der Waals surface area contributed by atoms with Crippen molar-refractivity contribution in [3.63, 3.8) is 0 Å². The number of rotatable bonds is 5. The Morgan fingerprint density at radius 1 is 0.500 bits per heavy atom. The Bertz CT molecular complexity index is 58.5. The van der Waals surface area contributed by atoms with Gasteiger partial charge in [-0.2, -0.15) is 0 Å². The number of hydrogen-bond donors (Lipinski definition) is 4. The molecule has 0 saturated carbocycles. The van der Waals surface area contributed by atoms with E-state index in [1.807, 2.05) is 20.8 Å². The SMILES string of the molecule is CCCCO.CCCO.CCCO.CCCO.[Ti]. The number of aliphatic hydroxyl groups is 4. The standard InChI is InChI=1S/C4H10O.3C3H8O.Ti/c1-2-3-4-5;3*1-2-3-4;/h5H,2-4H2,1H3;3*4H,2-3H2,1H3;. The first-order valence-electron chi connectivity index (χ1n) is 6.59. The first-order chi connectivity index (χ1) is 8.16. The van der Waals surface area contributed by atoms with Crippen LogP contribution in [-0.2, 0) is 21.7 Å². The smallest absolute Gasteiger partial charge is 0.0430 e. The van der Waals surface area contributed by atoms with Crippen LogP contribution < -0.4 is 0 Å². The van der Waals surface area contributed by atoms with Crippen LogP contribution in [0.3, 0.4) is 0 Å². The summed E-state index contributed by atoms with van der Waals surface area (Å²) in [6.45, 7) is 9.15. The summed E-state index contributed by atoms with van der Waals surface area (Å²) in [7, 11) is 0. The fourth-order valence-corrected chi connectivity index (χ4v) is 0.158. The molecule has 0 aliphatic carbocycles. The molecule has 0 rings (SSSR count). The molecule has 0 atom stereocenters. The van der Waals surface area contributed by atoms with E-state index in [9.17, 15) is 0 Å². The Morgan fingerprint density at radius 2 is 0.722 bits per heavy atom. The van der Waals surface area contributed by atoms with Crippen LogP contribution >= 0.6 is 0 Å². The molecule has 114 valence electrons. The van der Waals surface area contributed by atoms with Gasteiger partial charge in [0.15, 0.2) is 0 Å². The predicted octanol–water partition coefficient (Wildman–Crippen LogP) is 1.94. The summed E-state index contributed by atoms with van der Waals surface area (Å²) < 4.78 is 0. The van der Waals surface area contributed by atoms with Gasteiger partial charge >= 0.3 is 0 Å². The molecule has 0 aliphatic heterocycles. The van der Waals surface area contributed by atoms with Crippen LogP contribution in [-0.4, -0.2) is 46.9 Å². The van der Waals surface area contributed by atoms with Gasteiger partial charge in [0.1, 0.15) is 0 Å². The van der Waals surface area contributed by atoms with E-state index in [2.05, 4.69) is 6.92 Å². The molecule has 0 unspecified atom stereocenters. The molecule has 0 aliphatic rings. The van der Waals surface area contributed by atoms with Gasteiger partial charge in [0.25, 0.3) is 0 Å². The van der Waals surface area contributed by atoms with Crippen molar-refractivity contribution in [1.29, 1.82) is 0 Å². The number of aliphatic hydroxyl groups excluding tert-OH is 4. The van der Waals surface area contributed by atoms with Crippen LogP contribution in [0.5, 0.6) is 0 Å². The largest absolute Gasteiger partial charge is 0.396 e. The molecule has 0 aromatic carbocycles. The van der Waals surface area contributed by atoms with Gasteiger partial charge in [0, 0.05) is 48.1 Å². The second-order valence-corrected chi connectivity index (χ2v) is 3.25. The van der Waals surface area contributed by atoms with Crippen LogP contribution in [0, 0.1) is 0 Å². The van der Waals surface area contributed by atoms with Crippen molar-refractivity contribution < 1.29 is 42.1 Å². The molecule has 5 heteroatoms. The molecule has 0 spiro atoms. The molecular formula is C13H34O4Ti. The van der Waals surface area contributed by atoms with Crippen molar-refractivity contribution >= 4 is 0 Å². The van der Waals surface area contributed by atoms with Crippen LogP contribution in [0.4, 0.5) is 0 Å². The Balaban J connectivity index is -0.0000000412. The minimum absolute atomic E-state index is 0. The quantitative estimate of drug-likeness (QED) is 0.585. The van der Waals surface area contributed by atoms with Gasteiger partial charge in [-0.15, -0.1) is 0 Å². The average Bonchev–Trinajstić information content (AvgIpc) is 2.40. The third-order valence-electron chi connectivity index (χ3n) is 1.18. The Morgan fingerprint density at radius 3 is 0.722 bits per heavy atom. The Hall–Kier alpha value is 0.554. The molecule has 0 heterocycles. The fraction of sp³-hybridized carbons (Fsp3) is 1.00. The van der Waals surface area contributed by atoms with Crippen molar-refractivity contribution in [3.05, 3.63) is 0 Å². The second-order valence-electron chi connectivity index (χ2n) is 3.25. The van der Waals surface area contributed by atoms with Crippen LogP contribution in [0.15, 0.2) is 0 Å². The Kier molecular flexibility index (Phi) is 91.1. The molecule has 0 fully saturated rings. The first-order valence-corrected chi connectivity index (χ1v) is 6.59. The topological polar surface area (TPSA) is 80.9 Å². The Labute approximate surface area is 128 Å². The van der Waals surface area contributed by atoms with E-state index in [-0.39, 0.29) is 21.7 Å². The summed E-state index contributed by atoms with van der Waals surface area (Å²) >= 11 is 0. The van der Waals surface area contributed by atoms with E-state index < -0.39 is 0 Å². The van der Waals surface area contributed by atoms with E-state index in [0.717, 1.165) is 32.1 Å². The molecule has 0 aromatic heterocycles. The zero-order valence-electron chi connectivity index (χ0n) is 12.7. The van der Waals surface area contributed by atoms with Gasteiger partial charge in [-0.1, -0.05) is 34.1 Å². The third kappa shape index (κ3) is 130. The molecule has 0 bridgehead atoms. The average molecular weight is 302 g/mol. The van der Waals surface area contributed by atoms with Gasteiger partial charge in [-0.3, -0.25) is 0 Å². The number of hydrogen-bond acceptors (Lipinski definition) is 4. The summed E-state index contributed by atoms with van der Waals surface area (Å²) in [6.07, 6.45) is 4.66. The summed E-state index contributed by atoms with van der Waals surface area (Å²) in [4.78, 5) is 0. The fourth-order valence-electron chi connectivity index (χ4n) is 0.158. The zero-order valence-corrected chi connectivity index (χ0v) is 14.2. The van der Waals surface area contributed by atoms with E-state index in [4.69, 9.17) is 20.4 Å². The van der Waals surface area contributed by atoms with Crippen molar-refractivity contribution in [3.8, 4) is 0 Å². The normalized spacial score (nSPS) is 7.33. The van der Waals surface area contributed by atoms with Gasteiger partial charge in [-0.05, 0) is 25.7 Å². The second kappa shape index (κ2) is 52.7. The maximum Gasteiger partial charge on any atom is 0.0430 e. The predicted molar refractivity (Wildman–Crippen MR) is 74.1 cm³/mol.